The van der Waals surface area contributed by atoms with Crippen LogP contribution >= 0.6 is 0 Å². The number of nitrogens with one attached hydrogen (secondary N) is 2. The Morgan fingerprint density at radius 3 is 2.60 bits per heavy atom. The third-order valence-corrected chi connectivity index (χ3v) is 3.46. The molecule has 0 aliphatic carbocycles. The molecule has 1 aromatic carbocycles. The lowest BCUT2D eigenvalue weighted by Crippen LogP contribution is -2.23. The van der Waals surface area contributed by atoms with Gasteiger partial charge in [0.25, 0.3) is 11.8 Å². The standard InChI is InChI=1S/C19H16N4O2/c24-18(15-6-4-9-20-13-15)22-12-14-5-3-7-16(11-14)23-19(25)17-8-1-2-10-21-17/h1-11,13H,12H2,(H,22,24)(H,23,25). The number of hydrogen-bond acceptors (Lipinski definition) is 4. The quantitative estimate of drug-likeness (QED) is 0.752. The van der Waals surface area contributed by atoms with E-state index in [0.29, 0.717) is 23.5 Å². The van der Waals surface area contributed by atoms with E-state index in [1.165, 1.54) is 6.20 Å². The Morgan fingerprint density at radius 1 is 0.920 bits per heavy atom. The molecule has 0 radical (unpaired) electrons. The van der Waals surface area contributed by atoms with Crippen molar-refractivity contribution in [3.8, 4) is 0 Å². The molecule has 0 atom stereocenters. The minimum Gasteiger partial charge on any atom is -0.348 e. The van der Waals surface area contributed by atoms with Crippen molar-refractivity contribution in [2.24, 2.45) is 0 Å². The fraction of sp³-hybridized carbons (Fsp3) is 0.0526. The topological polar surface area (TPSA) is 84.0 Å². The van der Waals surface area contributed by atoms with Gasteiger partial charge in [-0.2, -0.15) is 0 Å². The smallest absolute Gasteiger partial charge is 0.274 e. The van der Waals surface area contributed by atoms with E-state index in [4.69, 9.17) is 0 Å². The zero-order valence-electron chi connectivity index (χ0n) is 13.3. The van der Waals surface area contributed by atoms with E-state index in [2.05, 4.69) is 20.6 Å². The highest BCUT2D eigenvalue weighted by molar-refractivity contribution is 6.02. The first-order chi connectivity index (χ1) is 12.2. The number of amides is 2. The van der Waals surface area contributed by atoms with Crippen molar-refractivity contribution < 1.29 is 9.59 Å². The maximum atomic E-state index is 12.1. The summed E-state index contributed by atoms with van der Waals surface area (Å²) in [5, 5.41) is 5.62. The van der Waals surface area contributed by atoms with Crippen molar-refractivity contribution in [1.82, 2.24) is 15.3 Å². The number of benzene rings is 1. The molecule has 0 spiro atoms. The molecule has 0 aliphatic rings. The molecule has 0 fully saturated rings. The van der Waals surface area contributed by atoms with Crippen LogP contribution in [0.3, 0.4) is 0 Å². The van der Waals surface area contributed by atoms with Crippen LogP contribution in [0.1, 0.15) is 26.4 Å². The van der Waals surface area contributed by atoms with Gasteiger partial charge in [-0.15, -0.1) is 0 Å². The Balaban J connectivity index is 1.62. The average molecular weight is 332 g/mol. The summed E-state index contributed by atoms with van der Waals surface area (Å²) < 4.78 is 0. The summed E-state index contributed by atoms with van der Waals surface area (Å²) in [5.41, 5.74) is 2.36. The van der Waals surface area contributed by atoms with Gasteiger partial charge in [0.05, 0.1) is 5.56 Å². The van der Waals surface area contributed by atoms with E-state index < -0.39 is 0 Å². The molecule has 2 aromatic heterocycles. The SMILES string of the molecule is O=C(NCc1cccc(NC(=O)c2ccccn2)c1)c1cccnc1. The van der Waals surface area contributed by atoms with Crippen molar-refractivity contribution in [1.29, 1.82) is 0 Å². The van der Waals surface area contributed by atoms with E-state index >= 15 is 0 Å². The number of aromatic nitrogens is 2. The zero-order valence-corrected chi connectivity index (χ0v) is 13.3. The Kier molecular flexibility index (Phi) is 5.11. The molecule has 124 valence electrons. The molecule has 6 heteroatoms. The summed E-state index contributed by atoms with van der Waals surface area (Å²) in [7, 11) is 0. The molecular weight excluding hydrogens is 316 g/mol. The monoisotopic (exact) mass is 332 g/mol. The second kappa shape index (κ2) is 7.83. The van der Waals surface area contributed by atoms with Crippen molar-refractivity contribution >= 4 is 17.5 Å². The first-order valence-electron chi connectivity index (χ1n) is 7.72. The van der Waals surface area contributed by atoms with Gasteiger partial charge in [-0.05, 0) is 42.0 Å². The highest BCUT2D eigenvalue weighted by atomic mass is 16.2. The second-order valence-corrected chi connectivity index (χ2v) is 5.29. The average Bonchev–Trinajstić information content (AvgIpc) is 2.68. The molecule has 2 N–H and O–H groups in total. The first kappa shape index (κ1) is 16.3. The van der Waals surface area contributed by atoms with Gasteiger partial charge < -0.3 is 10.6 Å². The van der Waals surface area contributed by atoms with Crippen LogP contribution < -0.4 is 10.6 Å². The summed E-state index contributed by atoms with van der Waals surface area (Å²) in [6.07, 6.45) is 4.70. The molecular formula is C19H16N4O2. The van der Waals surface area contributed by atoms with Gasteiger partial charge in [0.15, 0.2) is 0 Å². The molecule has 2 heterocycles. The summed E-state index contributed by atoms with van der Waals surface area (Å²) in [6, 6.07) is 15.9. The Morgan fingerprint density at radius 2 is 1.84 bits per heavy atom. The van der Waals surface area contributed by atoms with Gasteiger partial charge >= 0.3 is 0 Å². The molecule has 0 saturated heterocycles. The predicted octanol–water partition coefficient (Wildman–Crippen LogP) is 2.66. The molecule has 0 unspecified atom stereocenters. The lowest BCUT2D eigenvalue weighted by Gasteiger charge is -2.08. The Hall–Kier alpha value is -3.54. The minimum absolute atomic E-state index is 0.198. The normalized spacial score (nSPS) is 10.1. The predicted molar refractivity (Wildman–Crippen MR) is 94.0 cm³/mol. The van der Waals surface area contributed by atoms with E-state index in [-0.39, 0.29) is 11.8 Å². The van der Waals surface area contributed by atoms with Crippen LogP contribution in [-0.2, 0) is 6.54 Å². The lowest BCUT2D eigenvalue weighted by molar-refractivity contribution is 0.0949. The second-order valence-electron chi connectivity index (χ2n) is 5.29. The minimum atomic E-state index is -0.280. The van der Waals surface area contributed by atoms with Crippen molar-refractivity contribution in [3.63, 3.8) is 0 Å². The van der Waals surface area contributed by atoms with Crippen LogP contribution in [0, 0.1) is 0 Å². The van der Waals surface area contributed by atoms with Crippen LogP contribution in [0.15, 0.2) is 73.2 Å². The summed E-state index contributed by atoms with van der Waals surface area (Å²) in [4.78, 5) is 32.1. The van der Waals surface area contributed by atoms with Gasteiger partial charge in [-0.3, -0.25) is 19.6 Å². The molecule has 3 rings (SSSR count). The number of hydrogen-bond donors (Lipinski definition) is 2. The molecule has 2 amide bonds. The molecule has 25 heavy (non-hydrogen) atoms. The highest BCUT2D eigenvalue weighted by Crippen LogP contribution is 2.12. The van der Waals surface area contributed by atoms with Gasteiger partial charge in [-0.1, -0.05) is 18.2 Å². The van der Waals surface area contributed by atoms with Gasteiger partial charge in [-0.25, -0.2) is 0 Å². The van der Waals surface area contributed by atoms with E-state index in [9.17, 15) is 9.59 Å². The maximum absolute atomic E-state index is 12.1. The van der Waals surface area contributed by atoms with E-state index in [0.717, 1.165) is 5.56 Å². The van der Waals surface area contributed by atoms with Crippen molar-refractivity contribution in [2.45, 2.75) is 6.54 Å². The maximum Gasteiger partial charge on any atom is 0.274 e. The van der Waals surface area contributed by atoms with Crippen LogP contribution in [0.25, 0.3) is 0 Å². The van der Waals surface area contributed by atoms with Crippen LogP contribution in [0.4, 0.5) is 5.69 Å². The fourth-order valence-corrected chi connectivity index (χ4v) is 2.23. The van der Waals surface area contributed by atoms with Gasteiger partial charge in [0.2, 0.25) is 0 Å². The number of nitrogens with zero attached hydrogens (tertiary/aromatic N) is 2. The van der Waals surface area contributed by atoms with Crippen molar-refractivity contribution in [3.05, 3.63) is 90.0 Å². The highest BCUT2D eigenvalue weighted by Gasteiger charge is 2.08. The Bertz CT molecular complexity index is 867. The van der Waals surface area contributed by atoms with Crippen LogP contribution in [0.2, 0.25) is 0 Å². The number of carbonyl (C=O) groups excluding carboxylic acids is 2. The largest absolute Gasteiger partial charge is 0.348 e. The lowest BCUT2D eigenvalue weighted by atomic mass is 10.2. The van der Waals surface area contributed by atoms with Gasteiger partial charge in [0.1, 0.15) is 5.69 Å². The van der Waals surface area contributed by atoms with Crippen LogP contribution in [-0.4, -0.2) is 21.8 Å². The summed E-state index contributed by atoms with van der Waals surface area (Å²) in [6.45, 7) is 0.348. The van der Waals surface area contributed by atoms with E-state index in [1.807, 2.05) is 18.2 Å². The zero-order chi connectivity index (χ0) is 17.5. The number of rotatable bonds is 5. The summed E-state index contributed by atoms with van der Waals surface area (Å²) in [5.74, 6) is -0.479. The molecule has 6 nitrogen and oxygen atoms in total. The molecule has 3 aromatic rings. The fourth-order valence-electron chi connectivity index (χ4n) is 2.23. The number of carbonyl (C=O) groups is 2. The Labute approximate surface area is 145 Å². The third kappa shape index (κ3) is 4.48. The summed E-state index contributed by atoms with van der Waals surface area (Å²) >= 11 is 0. The molecule has 0 saturated carbocycles. The van der Waals surface area contributed by atoms with Gasteiger partial charge in [0, 0.05) is 30.8 Å². The van der Waals surface area contributed by atoms with E-state index in [1.54, 1.807) is 48.8 Å². The molecule has 0 bridgehead atoms. The first-order valence-corrected chi connectivity index (χ1v) is 7.72. The number of anilines is 1. The van der Waals surface area contributed by atoms with Crippen molar-refractivity contribution in [2.75, 3.05) is 5.32 Å². The van der Waals surface area contributed by atoms with Crippen LogP contribution in [0.5, 0.6) is 0 Å². The number of pyridine rings is 2. The molecule has 0 aliphatic heterocycles. The third-order valence-electron chi connectivity index (χ3n) is 3.46.